The van der Waals surface area contributed by atoms with Crippen LogP contribution in [0.5, 0.6) is 0 Å². The minimum atomic E-state index is -0.673. The second-order valence-electron chi connectivity index (χ2n) is 9.96. The molecule has 5 rings (SSSR count). The van der Waals surface area contributed by atoms with E-state index in [1.165, 1.54) is 6.08 Å². The molecular formula is C32H33N3O4S. The minimum absolute atomic E-state index is 0.0700. The Morgan fingerprint density at radius 2 is 1.52 bits per heavy atom. The highest BCUT2D eigenvalue weighted by molar-refractivity contribution is 8.01. The minimum Gasteiger partial charge on any atom is -0.445 e. The number of hydrogen-bond acceptors (Lipinski definition) is 6. The lowest BCUT2D eigenvalue weighted by Crippen LogP contribution is -2.47. The summed E-state index contributed by atoms with van der Waals surface area (Å²) < 4.78 is 4.84. The van der Waals surface area contributed by atoms with Gasteiger partial charge in [-0.1, -0.05) is 109 Å². The van der Waals surface area contributed by atoms with Crippen molar-refractivity contribution in [3.8, 4) is 0 Å². The van der Waals surface area contributed by atoms with Gasteiger partial charge in [0.2, 0.25) is 5.91 Å². The average molecular weight is 556 g/mol. The van der Waals surface area contributed by atoms with E-state index in [2.05, 4.69) is 48.1 Å². The number of ether oxygens (including phenoxy) is 1. The van der Waals surface area contributed by atoms with Crippen LogP contribution in [0.1, 0.15) is 29.5 Å². The Morgan fingerprint density at radius 3 is 2.00 bits per heavy atom. The fraction of sp³-hybridized carbons (Fsp3) is 0.281. The van der Waals surface area contributed by atoms with E-state index in [1.54, 1.807) is 21.6 Å². The molecule has 3 aromatic carbocycles. The maximum atomic E-state index is 13.7. The topological polar surface area (TPSA) is 82.4 Å². The summed E-state index contributed by atoms with van der Waals surface area (Å²) in [5.41, 5.74) is 3.93. The number of likely N-dealkylation sites (tertiary alicyclic amines) is 2. The summed E-state index contributed by atoms with van der Waals surface area (Å²) in [7, 11) is 0. The Balaban J connectivity index is 1.54. The van der Waals surface area contributed by atoms with Crippen LogP contribution >= 0.6 is 11.8 Å². The van der Waals surface area contributed by atoms with Crippen molar-refractivity contribution in [2.24, 2.45) is 5.16 Å². The zero-order valence-electron chi connectivity index (χ0n) is 22.3. The van der Waals surface area contributed by atoms with Gasteiger partial charge in [-0.3, -0.25) is 9.69 Å². The highest BCUT2D eigenvalue weighted by atomic mass is 32.2. The lowest BCUT2D eigenvalue weighted by molar-refractivity contribution is -0.134. The number of carbonyl (C=O) groups is 2. The smallest absolute Gasteiger partial charge is 0.410 e. The first kappa shape index (κ1) is 27.5. The first-order chi connectivity index (χ1) is 19.6. The molecule has 1 N–H and O–H groups in total. The summed E-state index contributed by atoms with van der Waals surface area (Å²) in [4.78, 5) is 30.1. The number of amides is 2. The van der Waals surface area contributed by atoms with Crippen molar-refractivity contribution in [3.63, 3.8) is 0 Å². The molecule has 40 heavy (non-hydrogen) atoms. The summed E-state index contributed by atoms with van der Waals surface area (Å²) in [6, 6.07) is 30.5. The van der Waals surface area contributed by atoms with Gasteiger partial charge in [0.1, 0.15) is 12.6 Å². The van der Waals surface area contributed by atoms with Crippen LogP contribution in [0.25, 0.3) is 0 Å². The van der Waals surface area contributed by atoms with E-state index >= 15 is 0 Å². The Bertz CT molecular complexity index is 1250. The fourth-order valence-electron chi connectivity index (χ4n) is 5.63. The lowest BCUT2D eigenvalue weighted by Gasteiger charge is -2.37. The molecule has 2 aliphatic rings. The summed E-state index contributed by atoms with van der Waals surface area (Å²) in [5, 5.41) is 12.5. The largest absolute Gasteiger partial charge is 0.445 e. The molecule has 2 atom stereocenters. The number of thioether (sulfide) groups is 1. The molecule has 0 aliphatic carbocycles. The van der Waals surface area contributed by atoms with Crippen LogP contribution in [0.4, 0.5) is 4.79 Å². The summed E-state index contributed by atoms with van der Waals surface area (Å²) in [6.07, 6.45) is 1.99. The lowest BCUT2D eigenvalue weighted by atomic mass is 9.84. The number of benzene rings is 3. The third-order valence-electron chi connectivity index (χ3n) is 7.49. The number of hydrogen-bond donors (Lipinski definition) is 1. The van der Waals surface area contributed by atoms with Crippen LogP contribution in [0, 0.1) is 0 Å². The van der Waals surface area contributed by atoms with Crippen molar-refractivity contribution >= 4 is 29.5 Å². The van der Waals surface area contributed by atoms with Gasteiger partial charge in [0.05, 0.1) is 17.0 Å². The van der Waals surface area contributed by atoms with Gasteiger partial charge in [-0.15, -0.1) is 11.8 Å². The van der Waals surface area contributed by atoms with Crippen LogP contribution in [-0.2, 0) is 14.3 Å². The summed E-state index contributed by atoms with van der Waals surface area (Å²) in [6.45, 7) is 4.81. The van der Waals surface area contributed by atoms with Crippen molar-refractivity contribution < 1.29 is 19.5 Å². The summed E-state index contributed by atoms with van der Waals surface area (Å²) in [5.74, 6) is -0.151. The zero-order chi connectivity index (χ0) is 28.0. The van der Waals surface area contributed by atoms with Gasteiger partial charge in [-0.25, -0.2) is 4.79 Å². The van der Waals surface area contributed by atoms with E-state index in [4.69, 9.17) is 4.74 Å². The van der Waals surface area contributed by atoms with Gasteiger partial charge in [0.25, 0.3) is 0 Å². The molecular weight excluding hydrogens is 522 g/mol. The van der Waals surface area contributed by atoms with Gasteiger partial charge in [-0.2, -0.15) is 0 Å². The van der Waals surface area contributed by atoms with Crippen LogP contribution in [0.3, 0.4) is 0 Å². The van der Waals surface area contributed by atoms with Gasteiger partial charge < -0.3 is 14.8 Å². The van der Waals surface area contributed by atoms with Crippen molar-refractivity contribution in [2.45, 2.75) is 28.9 Å². The second-order valence-corrected chi connectivity index (χ2v) is 11.5. The number of nitrogens with zero attached hydrogens (tertiary/aromatic N) is 3. The Morgan fingerprint density at radius 1 is 0.975 bits per heavy atom. The van der Waals surface area contributed by atoms with Crippen molar-refractivity contribution in [3.05, 3.63) is 120 Å². The van der Waals surface area contributed by atoms with Crippen molar-refractivity contribution in [1.29, 1.82) is 0 Å². The van der Waals surface area contributed by atoms with Crippen molar-refractivity contribution in [2.75, 3.05) is 26.2 Å². The molecule has 2 aliphatic heterocycles. The standard InChI is InChI=1S/C32H33N3O4S/c1-2-20-39-31(37)35-23-28(21-29(35)30(36)34-19-18-27(22-34)33-38)40-32(24-12-6-3-7-13-24,25-14-8-4-9-15-25)26-16-10-5-11-17-26/h2-17,28-29,38H,1,18-23H2/b33-27-/t28-,29-/m0/s1. The molecule has 0 bridgehead atoms. The van der Waals surface area contributed by atoms with E-state index < -0.39 is 16.9 Å². The molecule has 2 heterocycles. The van der Waals surface area contributed by atoms with E-state index in [0.717, 1.165) is 16.7 Å². The number of oxime groups is 1. The molecule has 0 unspecified atom stereocenters. The quantitative estimate of drug-likeness (QED) is 0.171. The molecule has 7 nitrogen and oxygen atoms in total. The molecule has 3 aromatic rings. The molecule has 2 fully saturated rings. The summed E-state index contributed by atoms with van der Waals surface area (Å²) >= 11 is 1.77. The second kappa shape index (κ2) is 12.4. The molecule has 0 radical (unpaired) electrons. The monoisotopic (exact) mass is 555 g/mol. The predicted octanol–water partition coefficient (Wildman–Crippen LogP) is 5.54. The first-order valence-corrected chi connectivity index (χ1v) is 14.3. The molecule has 0 saturated carbocycles. The number of rotatable bonds is 8. The Kier molecular flexibility index (Phi) is 8.55. The van der Waals surface area contributed by atoms with Gasteiger partial charge >= 0.3 is 6.09 Å². The highest BCUT2D eigenvalue weighted by Crippen LogP contribution is 2.52. The third kappa shape index (κ3) is 5.49. The maximum Gasteiger partial charge on any atom is 0.410 e. The third-order valence-corrected chi connectivity index (χ3v) is 9.22. The van der Waals surface area contributed by atoms with Crippen LogP contribution in [0.15, 0.2) is 109 Å². The molecule has 206 valence electrons. The highest BCUT2D eigenvalue weighted by Gasteiger charge is 2.47. The molecule has 8 heteroatoms. The van der Waals surface area contributed by atoms with E-state index in [0.29, 0.717) is 31.6 Å². The zero-order valence-corrected chi connectivity index (χ0v) is 23.1. The molecule has 2 saturated heterocycles. The van der Waals surface area contributed by atoms with E-state index in [-0.39, 0.29) is 24.3 Å². The van der Waals surface area contributed by atoms with Crippen LogP contribution < -0.4 is 0 Å². The van der Waals surface area contributed by atoms with Gasteiger partial charge in [0, 0.05) is 24.8 Å². The Labute approximate surface area is 239 Å². The molecule has 2 amide bonds. The molecule has 0 spiro atoms. The van der Waals surface area contributed by atoms with Crippen LogP contribution in [0.2, 0.25) is 0 Å². The molecule has 0 aromatic heterocycles. The SMILES string of the molecule is C=CCOC(=O)N1C[C@@H](SC(c2ccccc2)(c2ccccc2)c2ccccc2)C[C@H]1C(=O)N1CC/C(=N/O)C1. The fourth-order valence-corrected chi connectivity index (χ4v) is 7.46. The van der Waals surface area contributed by atoms with E-state index in [9.17, 15) is 14.8 Å². The van der Waals surface area contributed by atoms with Crippen molar-refractivity contribution in [1.82, 2.24) is 9.80 Å². The van der Waals surface area contributed by atoms with Gasteiger partial charge in [-0.05, 0) is 23.1 Å². The normalized spacial score (nSPS) is 20.1. The average Bonchev–Trinajstić information content (AvgIpc) is 3.67. The maximum absolute atomic E-state index is 13.7. The number of carbonyl (C=O) groups excluding carboxylic acids is 2. The van der Waals surface area contributed by atoms with Gasteiger partial charge in [0.15, 0.2) is 0 Å². The predicted molar refractivity (Wildman–Crippen MR) is 158 cm³/mol. The van der Waals surface area contributed by atoms with E-state index in [1.807, 2.05) is 54.6 Å². The Hall–Kier alpha value is -4.04. The first-order valence-electron chi connectivity index (χ1n) is 13.4. The van der Waals surface area contributed by atoms with Crippen LogP contribution in [-0.4, -0.2) is 70.3 Å².